The Morgan fingerprint density at radius 1 is 1.50 bits per heavy atom. The summed E-state index contributed by atoms with van der Waals surface area (Å²) in [6, 6.07) is 0. The highest BCUT2D eigenvalue weighted by Gasteiger charge is 2.36. The number of hydrogen-bond acceptors (Lipinski definition) is 4. The quantitative estimate of drug-likeness (QED) is 0.426. The van der Waals surface area contributed by atoms with Crippen LogP contribution in [0.4, 0.5) is 0 Å². The molecule has 2 aliphatic heterocycles. The summed E-state index contributed by atoms with van der Waals surface area (Å²) in [5.74, 6) is 1.90. The molecule has 2 atom stereocenters. The summed E-state index contributed by atoms with van der Waals surface area (Å²) in [7, 11) is 0. The Morgan fingerprint density at radius 3 is 3.20 bits per heavy atom. The standard InChI is InChI=1S/C6H6O4/c7-1-4-5-2-9-6(10-5)3-8-4/h5-6H,2-3H2/t5-,6?/m0/s1. The molecule has 1 unspecified atom stereocenters. The molecule has 0 radical (unpaired) electrons. The van der Waals surface area contributed by atoms with Gasteiger partial charge in [0.25, 0.3) is 0 Å². The summed E-state index contributed by atoms with van der Waals surface area (Å²) in [6.45, 7) is 0.719. The van der Waals surface area contributed by atoms with E-state index in [1.54, 1.807) is 5.94 Å². The molecule has 0 aromatic heterocycles. The monoisotopic (exact) mass is 142 g/mol. The van der Waals surface area contributed by atoms with E-state index in [9.17, 15) is 4.79 Å². The Labute approximate surface area is 57.4 Å². The van der Waals surface area contributed by atoms with E-state index in [4.69, 9.17) is 14.2 Å². The first-order valence-corrected chi connectivity index (χ1v) is 3.05. The first-order valence-electron chi connectivity index (χ1n) is 3.05. The average molecular weight is 142 g/mol. The largest absolute Gasteiger partial charge is 0.479 e. The van der Waals surface area contributed by atoms with Crippen LogP contribution in [-0.4, -0.2) is 31.5 Å². The minimum atomic E-state index is -0.309. The molecule has 2 fully saturated rings. The van der Waals surface area contributed by atoms with Gasteiger partial charge in [-0.25, -0.2) is 4.79 Å². The van der Waals surface area contributed by atoms with Crippen molar-refractivity contribution >= 4 is 5.94 Å². The lowest BCUT2D eigenvalue weighted by Gasteiger charge is -2.18. The molecule has 0 aromatic carbocycles. The Balaban J connectivity index is 2.21. The molecule has 2 saturated heterocycles. The van der Waals surface area contributed by atoms with Gasteiger partial charge in [0, 0.05) is 0 Å². The third-order valence-electron chi connectivity index (χ3n) is 1.52. The van der Waals surface area contributed by atoms with Gasteiger partial charge in [-0.1, -0.05) is 0 Å². The predicted molar refractivity (Wildman–Crippen MR) is 29.8 cm³/mol. The van der Waals surface area contributed by atoms with E-state index in [0.717, 1.165) is 0 Å². The van der Waals surface area contributed by atoms with E-state index in [0.29, 0.717) is 13.2 Å². The highest BCUT2D eigenvalue weighted by molar-refractivity contribution is 5.51. The fourth-order valence-electron chi connectivity index (χ4n) is 1.03. The zero-order chi connectivity index (χ0) is 6.97. The molecular formula is C6H6O4. The molecule has 2 aliphatic rings. The van der Waals surface area contributed by atoms with Crippen molar-refractivity contribution in [2.45, 2.75) is 12.4 Å². The fourth-order valence-corrected chi connectivity index (χ4v) is 1.03. The maximum absolute atomic E-state index is 10.1. The first kappa shape index (κ1) is 5.92. The van der Waals surface area contributed by atoms with Crippen molar-refractivity contribution in [2.75, 3.05) is 13.2 Å². The molecule has 54 valence electrons. The van der Waals surface area contributed by atoms with E-state index in [1.807, 2.05) is 0 Å². The minimum Gasteiger partial charge on any atom is -0.479 e. The van der Waals surface area contributed by atoms with Crippen LogP contribution in [0, 0.1) is 0 Å². The lowest BCUT2D eigenvalue weighted by molar-refractivity contribution is -0.124. The third-order valence-corrected chi connectivity index (χ3v) is 1.52. The highest BCUT2D eigenvalue weighted by atomic mass is 16.8. The maximum atomic E-state index is 10.1. The van der Waals surface area contributed by atoms with Gasteiger partial charge < -0.3 is 14.2 Å². The summed E-state index contributed by atoms with van der Waals surface area (Å²) >= 11 is 0. The minimum absolute atomic E-state index is 0.230. The molecule has 2 heterocycles. The molecule has 0 saturated carbocycles. The summed E-state index contributed by atoms with van der Waals surface area (Å²) in [5, 5.41) is 0. The van der Waals surface area contributed by atoms with Crippen molar-refractivity contribution in [1.29, 1.82) is 0 Å². The predicted octanol–water partition coefficient (Wildman–Crippen LogP) is -0.526. The number of ether oxygens (including phenoxy) is 3. The van der Waals surface area contributed by atoms with Crippen molar-refractivity contribution in [3.05, 3.63) is 5.76 Å². The molecular weight excluding hydrogens is 136 g/mol. The van der Waals surface area contributed by atoms with Crippen molar-refractivity contribution in [3.8, 4) is 0 Å². The topological polar surface area (TPSA) is 44.8 Å². The Bertz CT molecular complexity index is 194. The second kappa shape index (κ2) is 2.09. The van der Waals surface area contributed by atoms with Gasteiger partial charge in [-0.3, -0.25) is 0 Å². The lowest BCUT2D eigenvalue weighted by atomic mass is 10.3. The van der Waals surface area contributed by atoms with Crippen LogP contribution >= 0.6 is 0 Å². The summed E-state index contributed by atoms with van der Waals surface area (Å²) < 4.78 is 15.2. The van der Waals surface area contributed by atoms with Gasteiger partial charge in [-0.15, -0.1) is 0 Å². The number of carbonyl (C=O) groups excluding carboxylic acids is 1. The molecule has 4 heteroatoms. The molecule has 0 aromatic rings. The summed E-state index contributed by atoms with van der Waals surface area (Å²) in [6.07, 6.45) is -0.585. The molecule has 2 rings (SSSR count). The van der Waals surface area contributed by atoms with Gasteiger partial charge in [-0.2, -0.15) is 0 Å². The summed E-state index contributed by atoms with van der Waals surface area (Å²) in [5.41, 5.74) is 0. The second-order valence-electron chi connectivity index (χ2n) is 2.16. The SMILES string of the molecule is O=C=C1OCC2OC[C@@H]1O2. The second-order valence-corrected chi connectivity index (χ2v) is 2.16. The first-order chi connectivity index (χ1) is 4.90. The van der Waals surface area contributed by atoms with Crippen LogP contribution < -0.4 is 0 Å². The van der Waals surface area contributed by atoms with Crippen LogP contribution in [0.15, 0.2) is 5.76 Å². The molecule has 0 aliphatic carbocycles. The highest BCUT2D eigenvalue weighted by Crippen LogP contribution is 2.23. The normalized spacial score (nSPS) is 37.0. The molecule has 4 nitrogen and oxygen atoms in total. The number of hydrogen-bond donors (Lipinski definition) is 0. The van der Waals surface area contributed by atoms with Crippen LogP contribution in [0.2, 0.25) is 0 Å². The van der Waals surface area contributed by atoms with E-state index < -0.39 is 0 Å². The average Bonchev–Trinajstić information content (AvgIpc) is 2.34. The van der Waals surface area contributed by atoms with E-state index in [2.05, 4.69) is 0 Å². The lowest BCUT2D eigenvalue weighted by Crippen LogP contribution is -2.27. The Kier molecular flexibility index (Phi) is 1.24. The zero-order valence-corrected chi connectivity index (χ0v) is 5.20. The zero-order valence-electron chi connectivity index (χ0n) is 5.20. The van der Waals surface area contributed by atoms with Crippen molar-refractivity contribution in [3.63, 3.8) is 0 Å². The smallest absolute Gasteiger partial charge is 0.211 e. The van der Waals surface area contributed by atoms with Crippen LogP contribution in [0.5, 0.6) is 0 Å². The Hall–Kier alpha value is -0.830. The van der Waals surface area contributed by atoms with Crippen LogP contribution in [0.3, 0.4) is 0 Å². The molecule has 10 heavy (non-hydrogen) atoms. The number of fused-ring (bicyclic) bond motifs is 2. The van der Waals surface area contributed by atoms with Gasteiger partial charge in [0.05, 0.1) is 6.61 Å². The third kappa shape index (κ3) is 0.743. The van der Waals surface area contributed by atoms with Gasteiger partial charge in [0.15, 0.2) is 18.3 Å². The van der Waals surface area contributed by atoms with Crippen molar-refractivity contribution in [1.82, 2.24) is 0 Å². The van der Waals surface area contributed by atoms with Crippen molar-refractivity contribution < 1.29 is 19.0 Å². The van der Waals surface area contributed by atoms with Crippen LogP contribution in [0.25, 0.3) is 0 Å². The van der Waals surface area contributed by atoms with Gasteiger partial charge in [0.2, 0.25) is 5.76 Å². The van der Waals surface area contributed by atoms with Crippen LogP contribution in [-0.2, 0) is 19.0 Å². The molecule has 2 bridgehead atoms. The fraction of sp³-hybridized carbons (Fsp3) is 0.667. The molecule has 0 spiro atoms. The van der Waals surface area contributed by atoms with Gasteiger partial charge >= 0.3 is 0 Å². The van der Waals surface area contributed by atoms with E-state index >= 15 is 0 Å². The van der Waals surface area contributed by atoms with E-state index in [1.165, 1.54) is 0 Å². The van der Waals surface area contributed by atoms with E-state index in [-0.39, 0.29) is 18.2 Å². The molecule has 0 amide bonds. The Morgan fingerprint density at radius 2 is 2.40 bits per heavy atom. The van der Waals surface area contributed by atoms with Crippen molar-refractivity contribution in [2.24, 2.45) is 0 Å². The van der Waals surface area contributed by atoms with Gasteiger partial charge in [0.1, 0.15) is 6.61 Å². The summed E-state index contributed by atoms with van der Waals surface area (Å²) in [4.78, 5) is 10.1. The maximum Gasteiger partial charge on any atom is 0.211 e. The molecule has 0 N–H and O–H groups in total. The number of rotatable bonds is 0. The van der Waals surface area contributed by atoms with Crippen LogP contribution in [0.1, 0.15) is 0 Å². The van der Waals surface area contributed by atoms with Gasteiger partial charge in [-0.05, 0) is 0 Å².